The monoisotopic (exact) mass is 280 g/mol. The highest BCUT2D eigenvalue weighted by Crippen LogP contribution is 2.35. The van der Waals surface area contributed by atoms with Gasteiger partial charge in [-0.2, -0.15) is 0 Å². The SMILES string of the molecule is CCC(C)c1cc([N+](=O)[O-])cc([N+](=O)[O-])c1CC(C)C. The van der Waals surface area contributed by atoms with Crippen LogP contribution in [-0.4, -0.2) is 9.85 Å². The summed E-state index contributed by atoms with van der Waals surface area (Å²) in [5, 5.41) is 22.2. The molecule has 0 aliphatic heterocycles. The Balaban J connectivity index is 3.57. The Hall–Kier alpha value is -1.98. The van der Waals surface area contributed by atoms with E-state index in [2.05, 4.69) is 0 Å². The Bertz CT molecular complexity index is 526. The van der Waals surface area contributed by atoms with Crippen molar-refractivity contribution in [2.24, 2.45) is 5.92 Å². The molecule has 0 amide bonds. The van der Waals surface area contributed by atoms with Gasteiger partial charge in [-0.05, 0) is 30.2 Å². The van der Waals surface area contributed by atoms with Crippen LogP contribution >= 0.6 is 0 Å². The van der Waals surface area contributed by atoms with Gasteiger partial charge in [0.2, 0.25) is 0 Å². The molecule has 0 aliphatic rings. The van der Waals surface area contributed by atoms with Crippen molar-refractivity contribution in [1.29, 1.82) is 0 Å². The van der Waals surface area contributed by atoms with Gasteiger partial charge >= 0.3 is 0 Å². The van der Waals surface area contributed by atoms with Gasteiger partial charge in [0.05, 0.1) is 15.9 Å². The zero-order valence-electron chi connectivity index (χ0n) is 12.3. The molecule has 1 unspecified atom stereocenters. The van der Waals surface area contributed by atoms with Crippen LogP contribution in [0.2, 0.25) is 0 Å². The molecule has 1 aromatic carbocycles. The van der Waals surface area contributed by atoms with E-state index in [1.54, 1.807) is 0 Å². The first kappa shape index (κ1) is 16.1. The normalized spacial score (nSPS) is 12.4. The minimum atomic E-state index is -0.571. The lowest BCUT2D eigenvalue weighted by Gasteiger charge is -2.16. The Morgan fingerprint density at radius 1 is 1.10 bits per heavy atom. The summed E-state index contributed by atoms with van der Waals surface area (Å²) in [7, 11) is 0. The lowest BCUT2D eigenvalue weighted by molar-refractivity contribution is -0.394. The number of non-ortho nitro benzene ring substituents is 1. The van der Waals surface area contributed by atoms with E-state index in [-0.39, 0.29) is 23.2 Å². The molecule has 0 heterocycles. The molecular weight excluding hydrogens is 260 g/mol. The van der Waals surface area contributed by atoms with Gasteiger partial charge in [0.1, 0.15) is 0 Å². The summed E-state index contributed by atoms with van der Waals surface area (Å²) in [4.78, 5) is 21.1. The molecule has 0 N–H and O–H groups in total. The molecule has 0 radical (unpaired) electrons. The number of nitro benzene ring substituents is 2. The number of hydrogen-bond acceptors (Lipinski definition) is 4. The van der Waals surface area contributed by atoms with Gasteiger partial charge in [0.25, 0.3) is 11.4 Å². The zero-order valence-corrected chi connectivity index (χ0v) is 12.3. The van der Waals surface area contributed by atoms with E-state index in [1.165, 1.54) is 6.07 Å². The van der Waals surface area contributed by atoms with Gasteiger partial charge in [-0.3, -0.25) is 20.2 Å². The fourth-order valence-corrected chi connectivity index (χ4v) is 2.22. The first-order valence-electron chi connectivity index (χ1n) is 6.73. The minimum Gasteiger partial charge on any atom is -0.258 e. The molecule has 110 valence electrons. The second-order valence-electron chi connectivity index (χ2n) is 5.45. The van der Waals surface area contributed by atoms with Gasteiger partial charge in [-0.1, -0.05) is 27.7 Å². The van der Waals surface area contributed by atoms with E-state index in [0.29, 0.717) is 12.0 Å². The lowest BCUT2D eigenvalue weighted by Crippen LogP contribution is -2.08. The van der Waals surface area contributed by atoms with Gasteiger partial charge in [0.15, 0.2) is 0 Å². The van der Waals surface area contributed by atoms with E-state index >= 15 is 0 Å². The highest BCUT2D eigenvalue weighted by atomic mass is 16.6. The number of hydrogen-bond donors (Lipinski definition) is 0. The summed E-state index contributed by atoms with van der Waals surface area (Å²) in [5.41, 5.74) is 1.01. The fraction of sp³-hybridized carbons (Fsp3) is 0.571. The van der Waals surface area contributed by atoms with Crippen LogP contribution in [0.25, 0.3) is 0 Å². The van der Waals surface area contributed by atoms with Crippen LogP contribution in [0.15, 0.2) is 12.1 Å². The first-order valence-corrected chi connectivity index (χ1v) is 6.73. The molecule has 1 atom stereocenters. The van der Waals surface area contributed by atoms with E-state index in [0.717, 1.165) is 18.1 Å². The van der Waals surface area contributed by atoms with E-state index in [9.17, 15) is 20.2 Å². The van der Waals surface area contributed by atoms with Gasteiger partial charge in [-0.15, -0.1) is 0 Å². The maximum Gasteiger partial charge on any atom is 0.279 e. The third kappa shape index (κ3) is 3.53. The largest absolute Gasteiger partial charge is 0.279 e. The van der Waals surface area contributed by atoms with E-state index in [1.807, 2.05) is 27.7 Å². The van der Waals surface area contributed by atoms with Crippen molar-refractivity contribution in [1.82, 2.24) is 0 Å². The first-order chi connectivity index (χ1) is 9.27. The van der Waals surface area contributed by atoms with Crippen LogP contribution in [0.1, 0.15) is 51.2 Å². The number of nitrogens with zero attached hydrogens (tertiary/aromatic N) is 2. The highest BCUT2D eigenvalue weighted by molar-refractivity contribution is 5.55. The van der Waals surface area contributed by atoms with Crippen LogP contribution in [0.3, 0.4) is 0 Å². The van der Waals surface area contributed by atoms with Gasteiger partial charge in [0, 0.05) is 11.6 Å². The van der Waals surface area contributed by atoms with Gasteiger partial charge < -0.3 is 0 Å². The van der Waals surface area contributed by atoms with Gasteiger partial charge in [-0.25, -0.2) is 0 Å². The third-order valence-corrected chi connectivity index (χ3v) is 3.41. The standard InChI is InChI=1S/C14H20N2O4/c1-5-10(4)12-7-11(15(17)18)8-14(16(19)20)13(12)6-9(2)3/h7-10H,5-6H2,1-4H3. The third-order valence-electron chi connectivity index (χ3n) is 3.41. The molecule has 1 rings (SSSR count). The Labute approximate surface area is 118 Å². The Kier molecular flexibility index (Phi) is 5.19. The Morgan fingerprint density at radius 3 is 2.10 bits per heavy atom. The van der Waals surface area contributed by atoms with E-state index < -0.39 is 9.85 Å². The maximum atomic E-state index is 11.2. The quantitative estimate of drug-likeness (QED) is 0.576. The van der Waals surface area contributed by atoms with Crippen LogP contribution in [0, 0.1) is 26.1 Å². The highest BCUT2D eigenvalue weighted by Gasteiger charge is 2.26. The van der Waals surface area contributed by atoms with Crippen LogP contribution in [0.4, 0.5) is 11.4 Å². The molecule has 0 aromatic heterocycles. The van der Waals surface area contributed by atoms with Crippen LogP contribution in [0.5, 0.6) is 0 Å². The van der Waals surface area contributed by atoms with E-state index in [4.69, 9.17) is 0 Å². The summed E-state index contributed by atoms with van der Waals surface area (Å²) in [6, 6.07) is 2.56. The average Bonchev–Trinajstić information content (AvgIpc) is 2.36. The second kappa shape index (κ2) is 6.45. The molecule has 1 aromatic rings. The average molecular weight is 280 g/mol. The smallest absolute Gasteiger partial charge is 0.258 e. The number of benzene rings is 1. The van der Waals surface area contributed by atoms with Crippen molar-refractivity contribution in [3.8, 4) is 0 Å². The molecule has 0 spiro atoms. The summed E-state index contributed by atoms with van der Waals surface area (Å²) < 4.78 is 0. The molecule has 0 saturated carbocycles. The molecule has 0 fully saturated rings. The molecule has 0 saturated heterocycles. The number of nitro groups is 2. The predicted molar refractivity (Wildman–Crippen MR) is 77.0 cm³/mol. The van der Waals surface area contributed by atoms with Crippen LogP contribution in [-0.2, 0) is 6.42 Å². The topological polar surface area (TPSA) is 86.3 Å². The van der Waals surface area contributed by atoms with Crippen molar-refractivity contribution in [3.63, 3.8) is 0 Å². The van der Waals surface area contributed by atoms with Crippen molar-refractivity contribution in [2.45, 2.75) is 46.5 Å². The summed E-state index contributed by atoms with van der Waals surface area (Å²) in [6.07, 6.45) is 1.33. The zero-order chi connectivity index (χ0) is 15.4. The maximum absolute atomic E-state index is 11.2. The van der Waals surface area contributed by atoms with Crippen molar-refractivity contribution in [3.05, 3.63) is 43.5 Å². The molecule has 0 aliphatic carbocycles. The molecule has 6 nitrogen and oxygen atoms in total. The fourth-order valence-electron chi connectivity index (χ4n) is 2.22. The predicted octanol–water partition coefficient (Wildman–Crippen LogP) is 4.22. The summed E-state index contributed by atoms with van der Waals surface area (Å²) in [5.74, 6) is 0.306. The molecule has 6 heteroatoms. The molecule has 0 bridgehead atoms. The molecular formula is C14H20N2O4. The van der Waals surface area contributed by atoms with Crippen molar-refractivity contribution >= 4 is 11.4 Å². The minimum absolute atomic E-state index is 0.0577. The van der Waals surface area contributed by atoms with Crippen molar-refractivity contribution in [2.75, 3.05) is 0 Å². The van der Waals surface area contributed by atoms with Crippen LogP contribution < -0.4 is 0 Å². The second-order valence-corrected chi connectivity index (χ2v) is 5.45. The number of rotatable bonds is 6. The summed E-state index contributed by atoms with van der Waals surface area (Å²) >= 11 is 0. The Morgan fingerprint density at radius 2 is 1.70 bits per heavy atom. The summed E-state index contributed by atoms with van der Waals surface area (Å²) in [6.45, 7) is 7.86. The molecule has 20 heavy (non-hydrogen) atoms. The van der Waals surface area contributed by atoms with Crippen molar-refractivity contribution < 1.29 is 9.85 Å². The lowest BCUT2D eigenvalue weighted by atomic mass is 9.88.